The number of hydrogen-bond acceptors (Lipinski definition) is 4. The molecule has 2 aromatic carbocycles. The summed E-state index contributed by atoms with van der Waals surface area (Å²) in [4.78, 5) is 15.5. The number of thioether (sulfide) groups is 1. The van der Waals surface area contributed by atoms with Gasteiger partial charge in [-0.2, -0.15) is 0 Å². The highest BCUT2D eigenvalue weighted by atomic mass is 35.5. The molecule has 140 valence electrons. The summed E-state index contributed by atoms with van der Waals surface area (Å²) in [7, 11) is 5.66. The average molecular weight is 393 g/mol. The molecule has 2 rings (SSSR count). The lowest BCUT2D eigenvalue weighted by Crippen LogP contribution is -2.38. The number of benzene rings is 2. The highest BCUT2D eigenvalue weighted by Crippen LogP contribution is 2.30. The third-order valence-corrected chi connectivity index (χ3v) is 5.72. The number of carbonyl (C=O) groups excluding carboxylic acids is 1. The van der Waals surface area contributed by atoms with Gasteiger partial charge in [0, 0.05) is 11.4 Å². The molecule has 0 heterocycles. The van der Waals surface area contributed by atoms with E-state index < -0.39 is 0 Å². The van der Waals surface area contributed by atoms with Crippen LogP contribution in [0.5, 0.6) is 5.75 Å². The average Bonchev–Trinajstić information content (AvgIpc) is 2.63. The molecule has 0 bridgehead atoms. The Morgan fingerprint density at radius 3 is 2.42 bits per heavy atom. The van der Waals surface area contributed by atoms with E-state index in [4.69, 9.17) is 16.3 Å². The SMILES string of the molecule is COc1ccc(C(CNC(=O)C(C)Sc2ccccc2Cl)N(C)C)cc1. The molecule has 0 aromatic heterocycles. The summed E-state index contributed by atoms with van der Waals surface area (Å²) < 4.78 is 5.21. The van der Waals surface area contributed by atoms with Crippen molar-refractivity contribution in [3.63, 3.8) is 0 Å². The predicted octanol–water partition coefficient (Wildman–Crippen LogP) is 4.25. The minimum atomic E-state index is -0.228. The first kappa shape index (κ1) is 20.6. The summed E-state index contributed by atoms with van der Waals surface area (Å²) in [5.41, 5.74) is 1.13. The van der Waals surface area contributed by atoms with Crippen molar-refractivity contribution < 1.29 is 9.53 Å². The van der Waals surface area contributed by atoms with E-state index in [1.54, 1.807) is 7.11 Å². The van der Waals surface area contributed by atoms with Gasteiger partial charge in [0.05, 0.1) is 23.4 Å². The maximum Gasteiger partial charge on any atom is 0.233 e. The molecule has 26 heavy (non-hydrogen) atoms. The van der Waals surface area contributed by atoms with Crippen LogP contribution in [-0.4, -0.2) is 43.8 Å². The van der Waals surface area contributed by atoms with Gasteiger partial charge in [-0.25, -0.2) is 0 Å². The summed E-state index contributed by atoms with van der Waals surface area (Å²) in [6, 6.07) is 15.6. The number of hydrogen-bond donors (Lipinski definition) is 1. The lowest BCUT2D eigenvalue weighted by atomic mass is 10.1. The Kier molecular flexibility index (Phi) is 7.82. The highest BCUT2D eigenvalue weighted by molar-refractivity contribution is 8.00. The van der Waals surface area contributed by atoms with Gasteiger partial charge in [-0.05, 0) is 50.8 Å². The minimum absolute atomic E-state index is 0.00437. The molecular formula is C20H25ClN2O2S. The van der Waals surface area contributed by atoms with Crippen LogP contribution in [0.4, 0.5) is 0 Å². The van der Waals surface area contributed by atoms with Crippen LogP contribution in [0.25, 0.3) is 0 Å². The molecule has 4 nitrogen and oxygen atoms in total. The van der Waals surface area contributed by atoms with Gasteiger partial charge in [-0.3, -0.25) is 4.79 Å². The Hall–Kier alpha value is -1.69. The van der Waals surface area contributed by atoms with E-state index in [-0.39, 0.29) is 17.2 Å². The van der Waals surface area contributed by atoms with Crippen LogP contribution < -0.4 is 10.1 Å². The smallest absolute Gasteiger partial charge is 0.233 e. The van der Waals surface area contributed by atoms with Crippen molar-refractivity contribution in [3.05, 3.63) is 59.1 Å². The molecule has 0 saturated carbocycles. The molecule has 1 N–H and O–H groups in total. The fourth-order valence-corrected chi connectivity index (χ4v) is 3.73. The summed E-state index contributed by atoms with van der Waals surface area (Å²) in [5, 5.41) is 3.49. The molecule has 0 saturated heterocycles. The Morgan fingerprint density at radius 2 is 1.85 bits per heavy atom. The van der Waals surface area contributed by atoms with Crippen LogP contribution in [0, 0.1) is 0 Å². The van der Waals surface area contributed by atoms with Gasteiger partial charge < -0.3 is 15.0 Å². The Balaban J connectivity index is 1.97. The fraction of sp³-hybridized carbons (Fsp3) is 0.350. The highest BCUT2D eigenvalue weighted by Gasteiger charge is 2.19. The second-order valence-electron chi connectivity index (χ2n) is 6.19. The maximum atomic E-state index is 12.5. The summed E-state index contributed by atoms with van der Waals surface area (Å²) in [6.45, 7) is 2.42. The van der Waals surface area contributed by atoms with Crippen LogP contribution in [0.3, 0.4) is 0 Å². The largest absolute Gasteiger partial charge is 0.497 e. The fourth-order valence-electron chi connectivity index (χ4n) is 2.55. The summed E-state index contributed by atoms with van der Waals surface area (Å²) >= 11 is 7.64. The number of carbonyl (C=O) groups is 1. The minimum Gasteiger partial charge on any atom is -0.497 e. The topological polar surface area (TPSA) is 41.6 Å². The zero-order valence-corrected chi connectivity index (χ0v) is 17.1. The standard InChI is InChI=1S/C20H25ClN2O2S/c1-14(26-19-8-6-5-7-17(19)21)20(24)22-13-18(23(2)3)15-9-11-16(25-4)12-10-15/h5-12,14,18H,13H2,1-4H3,(H,22,24). The Morgan fingerprint density at radius 1 is 1.19 bits per heavy atom. The van der Waals surface area contributed by atoms with Crippen LogP contribution in [0.2, 0.25) is 5.02 Å². The molecule has 0 aliphatic heterocycles. The van der Waals surface area contributed by atoms with Crippen molar-refractivity contribution in [1.29, 1.82) is 0 Å². The van der Waals surface area contributed by atoms with Crippen molar-refractivity contribution in [3.8, 4) is 5.75 Å². The number of ether oxygens (including phenoxy) is 1. The van der Waals surface area contributed by atoms with E-state index in [2.05, 4.69) is 10.2 Å². The molecular weight excluding hydrogens is 368 g/mol. The normalized spacial score (nSPS) is 13.3. The van der Waals surface area contributed by atoms with E-state index >= 15 is 0 Å². The third kappa shape index (κ3) is 5.66. The number of amides is 1. The van der Waals surface area contributed by atoms with Crippen molar-refractivity contribution in [2.45, 2.75) is 23.1 Å². The maximum absolute atomic E-state index is 12.5. The van der Waals surface area contributed by atoms with Crippen molar-refractivity contribution in [2.75, 3.05) is 27.7 Å². The molecule has 0 aliphatic rings. The molecule has 0 radical (unpaired) electrons. The van der Waals surface area contributed by atoms with Crippen molar-refractivity contribution >= 4 is 29.3 Å². The van der Waals surface area contributed by atoms with Gasteiger partial charge in [0.1, 0.15) is 5.75 Å². The van der Waals surface area contributed by atoms with Crippen LogP contribution >= 0.6 is 23.4 Å². The van der Waals surface area contributed by atoms with Gasteiger partial charge in [0.25, 0.3) is 0 Å². The van der Waals surface area contributed by atoms with Gasteiger partial charge in [-0.1, -0.05) is 35.9 Å². The van der Waals surface area contributed by atoms with Crippen LogP contribution in [0.1, 0.15) is 18.5 Å². The summed E-state index contributed by atoms with van der Waals surface area (Å²) in [5.74, 6) is 0.815. The number of nitrogens with zero attached hydrogens (tertiary/aromatic N) is 1. The second-order valence-corrected chi connectivity index (χ2v) is 7.98. The van der Waals surface area contributed by atoms with Gasteiger partial charge in [0.2, 0.25) is 5.91 Å². The molecule has 0 fully saturated rings. The molecule has 2 unspecified atom stereocenters. The van der Waals surface area contributed by atoms with E-state index in [1.807, 2.05) is 69.6 Å². The van der Waals surface area contributed by atoms with Crippen LogP contribution in [0.15, 0.2) is 53.4 Å². The molecule has 1 amide bonds. The lowest BCUT2D eigenvalue weighted by Gasteiger charge is -2.26. The Labute approximate surface area is 164 Å². The first-order valence-corrected chi connectivity index (χ1v) is 9.67. The third-order valence-electron chi connectivity index (χ3n) is 4.10. The lowest BCUT2D eigenvalue weighted by molar-refractivity contribution is -0.120. The quantitative estimate of drug-likeness (QED) is 0.682. The number of methoxy groups -OCH3 is 1. The molecule has 2 aromatic rings. The van der Waals surface area contributed by atoms with Gasteiger partial charge in [0.15, 0.2) is 0 Å². The number of likely N-dealkylation sites (N-methyl/N-ethyl adjacent to an activating group) is 1. The van der Waals surface area contributed by atoms with E-state index in [0.717, 1.165) is 16.2 Å². The van der Waals surface area contributed by atoms with Gasteiger partial charge in [-0.15, -0.1) is 11.8 Å². The number of halogens is 1. The molecule has 0 aliphatic carbocycles. The Bertz CT molecular complexity index is 722. The van der Waals surface area contributed by atoms with Crippen molar-refractivity contribution in [2.24, 2.45) is 0 Å². The van der Waals surface area contributed by atoms with Crippen molar-refractivity contribution in [1.82, 2.24) is 10.2 Å². The zero-order valence-electron chi connectivity index (χ0n) is 15.5. The zero-order chi connectivity index (χ0) is 19.1. The van der Waals surface area contributed by atoms with Crippen LogP contribution in [-0.2, 0) is 4.79 Å². The second kappa shape index (κ2) is 9.86. The van der Waals surface area contributed by atoms with E-state index in [1.165, 1.54) is 11.8 Å². The number of rotatable bonds is 8. The summed E-state index contributed by atoms with van der Waals surface area (Å²) in [6.07, 6.45) is 0. The first-order valence-electron chi connectivity index (χ1n) is 8.41. The first-order chi connectivity index (χ1) is 12.4. The van der Waals surface area contributed by atoms with Gasteiger partial charge >= 0.3 is 0 Å². The molecule has 0 spiro atoms. The van der Waals surface area contributed by atoms with E-state index in [0.29, 0.717) is 11.6 Å². The molecule has 2 atom stereocenters. The molecule has 6 heteroatoms. The van der Waals surface area contributed by atoms with E-state index in [9.17, 15) is 4.79 Å². The monoisotopic (exact) mass is 392 g/mol. The number of nitrogens with one attached hydrogen (secondary N) is 1. The predicted molar refractivity (Wildman–Crippen MR) is 109 cm³/mol.